The Kier molecular flexibility index (Phi) is 2.65. The molecule has 3 nitrogen and oxygen atoms in total. The van der Waals surface area contributed by atoms with Crippen molar-refractivity contribution in [3.63, 3.8) is 0 Å². The number of benzene rings is 1. The van der Waals surface area contributed by atoms with Crippen LogP contribution in [0.2, 0.25) is 0 Å². The van der Waals surface area contributed by atoms with Gasteiger partial charge in [0.1, 0.15) is 5.75 Å². The molecule has 0 bridgehead atoms. The Morgan fingerprint density at radius 2 is 1.83 bits per heavy atom. The lowest BCUT2D eigenvalue weighted by Gasteiger charge is -2.04. The van der Waals surface area contributed by atoms with Crippen LogP contribution in [0.3, 0.4) is 0 Å². The molecule has 0 amide bonds. The SMILES string of the molecule is Oc1cccnc1Cc1ccc2ccccc2n1. The highest BCUT2D eigenvalue weighted by atomic mass is 16.3. The summed E-state index contributed by atoms with van der Waals surface area (Å²) < 4.78 is 0. The van der Waals surface area contributed by atoms with E-state index in [0.29, 0.717) is 12.1 Å². The van der Waals surface area contributed by atoms with Gasteiger partial charge in [0.2, 0.25) is 0 Å². The Morgan fingerprint density at radius 1 is 0.944 bits per heavy atom. The summed E-state index contributed by atoms with van der Waals surface area (Å²) in [5.74, 6) is 0.215. The molecule has 88 valence electrons. The van der Waals surface area contributed by atoms with Crippen LogP contribution in [-0.4, -0.2) is 15.1 Å². The van der Waals surface area contributed by atoms with Gasteiger partial charge in [-0.1, -0.05) is 24.3 Å². The minimum atomic E-state index is 0.215. The quantitative estimate of drug-likeness (QED) is 0.744. The van der Waals surface area contributed by atoms with Gasteiger partial charge in [-0.25, -0.2) is 0 Å². The second-order valence-electron chi connectivity index (χ2n) is 4.14. The van der Waals surface area contributed by atoms with Crippen molar-refractivity contribution in [2.24, 2.45) is 0 Å². The molecule has 0 aliphatic rings. The summed E-state index contributed by atoms with van der Waals surface area (Å²) in [6, 6.07) is 15.3. The number of hydrogen-bond acceptors (Lipinski definition) is 3. The Morgan fingerprint density at radius 3 is 2.72 bits per heavy atom. The number of aromatic hydroxyl groups is 1. The van der Waals surface area contributed by atoms with Gasteiger partial charge in [0.15, 0.2) is 0 Å². The lowest BCUT2D eigenvalue weighted by molar-refractivity contribution is 0.465. The fourth-order valence-electron chi connectivity index (χ4n) is 1.94. The molecular weight excluding hydrogens is 224 g/mol. The summed E-state index contributed by atoms with van der Waals surface area (Å²) in [5, 5.41) is 10.8. The third-order valence-corrected chi connectivity index (χ3v) is 2.87. The van der Waals surface area contributed by atoms with Gasteiger partial charge in [-0.05, 0) is 24.3 Å². The standard InChI is InChI=1S/C15H12N2O/c18-15-6-3-9-16-14(15)10-12-8-7-11-4-1-2-5-13(11)17-12/h1-9,18H,10H2. The molecule has 0 aliphatic carbocycles. The van der Waals surface area contributed by atoms with Crippen molar-refractivity contribution in [1.29, 1.82) is 0 Å². The van der Waals surface area contributed by atoms with Crippen LogP contribution in [0.5, 0.6) is 5.75 Å². The average molecular weight is 236 g/mol. The molecular formula is C15H12N2O. The maximum atomic E-state index is 9.69. The van der Waals surface area contributed by atoms with Crippen LogP contribution in [0.15, 0.2) is 54.7 Å². The van der Waals surface area contributed by atoms with Crippen molar-refractivity contribution in [2.75, 3.05) is 0 Å². The second-order valence-corrected chi connectivity index (χ2v) is 4.14. The van der Waals surface area contributed by atoms with E-state index in [1.165, 1.54) is 0 Å². The van der Waals surface area contributed by atoms with E-state index in [2.05, 4.69) is 9.97 Å². The minimum Gasteiger partial charge on any atom is -0.506 e. The van der Waals surface area contributed by atoms with E-state index < -0.39 is 0 Å². The highest BCUT2D eigenvalue weighted by Crippen LogP contribution is 2.18. The van der Waals surface area contributed by atoms with E-state index in [4.69, 9.17) is 0 Å². The molecule has 0 saturated carbocycles. The molecule has 3 aromatic rings. The number of aromatic nitrogens is 2. The number of pyridine rings is 2. The van der Waals surface area contributed by atoms with Gasteiger partial charge in [-0.2, -0.15) is 0 Å². The molecule has 0 aliphatic heterocycles. The Balaban J connectivity index is 1.98. The van der Waals surface area contributed by atoms with Gasteiger partial charge in [0, 0.05) is 23.7 Å². The maximum Gasteiger partial charge on any atom is 0.137 e. The van der Waals surface area contributed by atoms with E-state index in [0.717, 1.165) is 16.6 Å². The van der Waals surface area contributed by atoms with Gasteiger partial charge in [-0.15, -0.1) is 0 Å². The third-order valence-electron chi connectivity index (χ3n) is 2.87. The summed E-state index contributed by atoms with van der Waals surface area (Å²) in [7, 11) is 0. The summed E-state index contributed by atoms with van der Waals surface area (Å²) >= 11 is 0. The molecule has 0 radical (unpaired) electrons. The number of rotatable bonds is 2. The van der Waals surface area contributed by atoms with E-state index in [9.17, 15) is 5.11 Å². The average Bonchev–Trinajstić information content (AvgIpc) is 2.41. The predicted octanol–water partition coefficient (Wildman–Crippen LogP) is 2.93. The molecule has 1 N–H and O–H groups in total. The first-order chi connectivity index (χ1) is 8.83. The van der Waals surface area contributed by atoms with Crippen LogP contribution in [-0.2, 0) is 6.42 Å². The predicted molar refractivity (Wildman–Crippen MR) is 70.5 cm³/mol. The van der Waals surface area contributed by atoms with Gasteiger partial charge >= 0.3 is 0 Å². The number of fused-ring (bicyclic) bond motifs is 1. The Hall–Kier alpha value is -2.42. The molecule has 2 heterocycles. The fraction of sp³-hybridized carbons (Fsp3) is 0.0667. The number of hydrogen-bond donors (Lipinski definition) is 1. The highest BCUT2D eigenvalue weighted by Gasteiger charge is 2.04. The molecule has 3 heteroatoms. The molecule has 0 fully saturated rings. The zero-order chi connectivity index (χ0) is 12.4. The molecule has 2 aromatic heterocycles. The van der Waals surface area contributed by atoms with Crippen molar-refractivity contribution in [3.05, 3.63) is 66.1 Å². The molecule has 0 unspecified atom stereocenters. The first-order valence-corrected chi connectivity index (χ1v) is 5.80. The fourth-order valence-corrected chi connectivity index (χ4v) is 1.94. The summed E-state index contributed by atoms with van der Waals surface area (Å²) in [6.45, 7) is 0. The monoisotopic (exact) mass is 236 g/mol. The largest absolute Gasteiger partial charge is 0.506 e. The molecule has 1 aromatic carbocycles. The normalized spacial score (nSPS) is 10.7. The van der Waals surface area contributed by atoms with E-state index in [1.54, 1.807) is 18.3 Å². The van der Waals surface area contributed by atoms with Crippen molar-refractivity contribution < 1.29 is 5.11 Å². The molecule has 0 spiro atoms. The van der Waals surface area contributed by atoms with Crippen LogP contribution >= 0.6 is 0 Å². The number of nitrogens with zero attached hydrogens (tertiary/aromatic N) is 2. The van der Waals surface area contributed by atoms with Gasteiger partial charge in [0.25, 0.3) is 0 Å². The zero-order valence-corrected chi connectivity index (χ0v) is 9.74. The molecule has 0 atom stereocenters. The van der Waals surface area contributed by atoms with Crippen molar-refractivity contribution >= 4 is 10.9 Å². The molecule has 3 rings (SSSR count). The molecule has 18 heavy (non-hydrogen) atoms. The van der Waals surface area contributed by atoms with Crippen molar-refractivity contribution in [2.45, 2.75) is 6.42 Å². The lowest BCUT2D eigenvalue weighted by Crippen LogP contribution is -1.95. The maximum absolute atomic E-state index is 9.69. The molecule has 0 saturated heterocycles. The van der Waals surface area contributed by atoms with Crippen LogP contribution in [0.4, 0.5) is 0 Å². The Bertz CT molecular complexity index is 695. The first kappa shape index (κ1) is 10.7. The highest BCUT2D eigenvalue weighted by molar-refractivity contribution is 5.78. The van der Waals surface area contributed by atoms with E-state index in [-0.39, 0.29) is 5.75 Å². The van der Waals surface area contributed by atoms with Crippen molar-refractivity contribution in [1.82, 2.24) is 9.97 Å². The minimum absolute atomic E-state index is 0.215. The summed E-state index contributed by atoms with van der Waals surface area (Å²) in [5.41, 5.74) is 2.52. The second kappa shape index (κ2) is 4.45. The smallest absolute Gasteiger partial charge is 0.137 e. The van der Waals surface area contributed by atoms with E-state index in [1.807, 2.05) is 36.4 Å². The summed E-state index contributed by atoms with van der Waals surface area (Å²) in [6.07, 6.45) is 2.22. The topological polar surface area (TPSA) is 46.0 Å². The van der Waals surface area contributed by atoms with Gasteiger partial charge in [0.05, 0.1) is 11.2 Å². The number of para-hydroxylation sites is 1. The van der Waals surface area contributed by atoms with Crippen LogP contribution in [0.1, 0.15) is 11.4 Å². The zero-order valence-electron chi connectivity index (χ0n) is 9.74. The van der Waals surface area contributed by atoms with Crippen LogP contribution in [0, 0.1) is 0 Å². The van der Waals surface area contributed by atoms with E-state index >= 15 is 0 Å². The summed E-state index contributed by atoms with van der Waals surface area (Å²) in [4.78, 5) is 8.72. The Labute approximate surface area is 105 Å². The van der Waals surface area contributed by atoms with Gasteiger partial charge in [-0.3, -0.25) is 9.97 Å². The third kappa shape index (κ3) is 2.02. The van der Waals surface area contributed by atoms with Crippen LogP contribution < -0.4 is 0 Å². The van der Waals surface area contributed by atoms with Crippen LogP contribution in [0.25, 0.3) is 10.9 Å². The lowest BCUT2D eigenvalue weighted by atomic mass is 10.1. The van der Waals surface area contributed by atoms with Gasteiger partial charge < -0.3 is 5.11 Å². The first-order valence-electron chi connectivity index (χ1n) is 5.80. The van der Waals surface area contributed by atoms with Crippen molar-refractivity contribution in [3.8, 4) is 5.75 Å².